The Morgan fingerprint density at radius 3 is 2.59 bits per heavy atom. The highest BCUT2D eigenvalue weighted by Gasteiger charge is 2.23. The molecule has 2 aromatic carbocycles. The summed E-state index contributed by atoms with van der Waals surface area (Å²) < 4.78 is 38.8. The van der Waals surface area contributed by atoms with E-state index in [1.54, 1.807) is 29.2 Å². The van der Waals surface area contributed by atoms with Crippen LogP contribution in [0.1, 0.15) is 28.2 Å². The first-order valence-electron chi connectivity index (χ1n) is 9.14. The van der Waals surface area contributed by atoms with Crippen molar-refractivity contribution in [2.45, 2.75) is 13.0 Å². The maximum absolute atomic E-state index is 13.2. The van der Waals surface area contributed by atoms with Crippen molar-refractivity contribution in [1.82, 2.24) is 19.8 Å². The first-order valence-corrected chi connectivity index (χ1v) is 9.52. The average molecular weight is 423 g/mol. The number of hydrogen-bond donors (Lipinski definition) is 1. The molecule has 0 unspecified atom stereocenters. The molecule has 1 aromatic heterocycles. The Balaban J connectivity index is 1.40. The van der Waals surface area contributed by atoms with Gasteiger partial charge in [0.2, 0.25) is 0 Å². The summed E-state index contributed by atoms with van der Waals surface area (Å²) in [5, 5.41) is 0.388. The number of benzene rings is 2. The number of imidazole rings is 1. The molecule has 0 aliphatic carbocycles. The first kappa shape index (κ1) is 19.7. The molecule has 5 nitrogen and oxygen atoms in total. The summed E-state index contributed by atoms with van der Waals surface area (Å²) in [4.78, 5) is 23.1. The molecule has 1 aliphatic heterocycles. The summed E-state index contributed by atoms with van der Waals surface area (Å²) >= 11 is 6.09. The smallest absolute Gasteiger partial charge is 0.295 e. The van der Waals surface area contributed by atoms with Crippen molar-refractivity contribution in [3.05, 3.63) is 64.2 Å². The van der Waals surface area contributed by atoms with Crippen LogP contribution in [0.15, 0.2) is 36.4 Å². The summed E-state index contributed by atoms with van der Waals surface area (Å²) in [7, 11) is 0. The van der Waals surface area contributed by atoms with Gasteiger partial charge in [-0.25, -0.2) is 18.2 Å². The quantitative estimate of drug-likeness (QED) is 0.683. The number of hydrogen-bond acceptors (Lipinski definition) is 3. The standard InChI is InChI=1S/C20H18ClF3N4O/c21-15-10-14(22)3-1-13(15)11-27-5-7-28(8-6-27)20(29)12-2-4-16-17(9-12)26-19(25-16)18(23)24/h1-4,9-10,18H,5-8,11H2,(H,25,26). The molecule has 4 rings (SSSR count). The maximum atomic E-state index is 13.2. The van der Waals surface area contributed by atoms with Gasteiger partial charge >= 0.3 is 0 Å². The number of carbonyl (C=O) groups excluding carboxylic acids is 1. The molecule has 1 saturated heterocycles. The number of piperazine rings is 1. The Morgan fingerprint density at radius 2 is 1.90 bits per heavy atom. The highest BCUT2D eigenvalue weighted by molar-refractivity contribution is 6.31. The van der Waals surface area contributed by atoms with Crippen LogP contribution in [-0.4, -0.2) is 51.9 Å². The molecule has 152 valence electrons. The lowest BCUT2D eigenvalue weighted by molar-refractivity contribution is 0.0628. The minimum atomic E-state index is -2.69. The van der Waals surface area contributed by atoms with E-state index in [0.29, 0.717) is 54.3 Å². The van der Waals surface area contributed by atoms with Crippen molar-refractivity contribution >= 4 is 28.5 Å². The van der Waals surface area contributed by atoms with E-state index in [2.05, 4.69) is 14.9 Å². The van der Waals surface area contributed by atoms with Gasteiger partial charge in [-0.1, -0.05) is 17.7 Å². The maximum Gasteiger partial charge on any atom is 0.295 e. The highest BCUT2D eigenvalue weighted by atomic mass is 35.5. The van der Waals surface area contributed by atoms with Gasteiger partial charge in [0.05, 0.1) is 11.0 Å². The second-order valence-electron chi connectivity index (χ2n) is 6.96. The zero-order valence-corrected chi connectivity index (χ0v) is 16.1. The monoisotopic (exact) mass is 422 g/mol. The van der Waals surface area contributed by atoms with E-state index in [1.165, 1.54) is 12.1 Å². The zero-order valence-electron chi connectivity index (χ0n) is 15.3. The van der Waals surface area contributed by atoms with Gasteiger partial charge in [0.1, 0.15) is 5.82 Å². The number of aromatic nitrogens is 2. The SMILES string of the molecule is O=C(c1ccc2nc(C(F)F)[nH]c2c1)N1CCN(Cc2ccc(F)cc2Cl)CC1. The molecule has 1 fully saturated rings. The molecule has 0 saturated carbocycles. The van der Waals surface area contributed by atoms with Crippen molar-refractivity contribution in [3.8, 4) is 0 Å². The number of nitrogens with zero attached hydrogens (tertiary/aromatic N) is 3. The summed E-state index contributed by atoms with van der Waals surface area (Å²) in [6, 6.07) is 9.07. The second-order valence-corrected chi connectivity index (χ2v) is 7.37. The summed E-state index contributed by atoms with van der Waals surface area (Å²) in [5.41, 5.74) is 2.08. The molecule has 1 amide bonds. The molecule has 9 heteroatoms. The second kappa shape index (κ2) is 8.04. The molecule has 0 atom stereocenters. The van der Waals surface area contributed by atoms with Crippen LogP contribution in [0.3, 0.4) is 0 Å². The van der Waals surface area contributed by atoms with Crippen LogP contribution < -0.4 is 0 Å². The Morgan fingerprint density at radius 1 is 1.14 bits per heavy atom. The van der Waals surface area contributed by atoms with Crippen molar-refractivity contribution in [2.24, 2.45) is 0 Å². The number of halogens is 4. The Kier molecular flexibility index (Phi) is 5.47. The molecule has 0 spiro atoms. The number of fused-ring (bicyclic) bond motifs is 1. The Labute approximate surface area is 170 Å². The van der Waals surface area contributed by atoms with Gasteiger partial charge in [0.15, 0.2) is 5.82 Å². The molecule has 0 radical (unpaired) electrons. The fourth-order valence-electron chi connectivity index (χ4n) is 3.45. The van der Waals surface area contributed by atoms with Crippen LogP contribution in [0, 0.1) is 5.82 Å². The number of aromatic amines is 1. The molecule has 0 bridgehead atoms. The van der Waals surface area contributed by atoms with Crippen LogP contribution >= 0.6 is 11.6 Å². The molecular formula is C20H18ClF3N4O. The fourth-order valence-corrected chi connectivity index (χ4v) is 3.68. The van der Waals surface area contributed by atoms with Crippen LogP contribution in [0.2, 0.25) is 5.02 Å². The van der Waals surface area contributed by atoms with Crippen LogP contribution in [0.5, 0.6) is 0 Å². The molecule has 1 N–H and O–H groups in total. The van der Waals surface area contributed by atoms with Crippen LogP contribution in [0.25, 0.3) is 11.0 Å². The molecule has 3 aromatic rings. The van der Waals surface area contributed by atoms with Crippen molar-refractivity contribution in [1.29, 1.82) is 0 Å². The summed E-state index contributed by atoms with van der Waals surface area (Å²) in [6.45, 7) is 2.95. The van der Waals surface area contributed by atoms with Gasteiger partial charge in [-0.05, 0) is 35.9 Å². The van der Waals surface area contributed by atoms with Crippen molar-refractivity contribution < 1.29 is 18.0 Å². The summed E-state index contributed by atoms with van der Waals surface area (Å²) in [6.07, 6.45) is -2.69. The first-order chi connectivity index (χ1) is 13.9. The van der Waals surface area contributed by atoms with Gasteiger partial charge in [-0.2, -0.15) is 0 Å². The van der Waals surface area contributed by atoms with E-state index in [0.717, 1.165) is 5.56 Å². The highest BCUT2D eigenvalue weighted by Crippen LogP contribution is 2.22. The normalized spacial score (nSPS) is 15.4. The minimum Gasteiger partial charge on any atom is -0.337 e. The van der Waals surface area contributed by atoms with E-state index < -0.39 is 12.2 Å². The van der Waals surface area contributed by atoms with Gasteiger partial charge < -0.3 is 9.88 Å². The molecule has 29 heavy (non-hydrogen) atoms. The van der Waals surface area contributed by atoms with Gasteiger partial charge in [0, 0.05) is 43.3 Å². The van der Waals surface area contributed by atoms with E-state index in [4.69, 9.17) is 11.6 Å². The van der Waals surface area contributed by atoms with Gasteiger partial charge in [-0.3, -0.25) is 9.69 Å². The topological polar surface area (TPSA) is 52.2 Å². The molecular weight excluding hydrogens is 405 g/mol. The minimum absolute atomic E-state index is 0.153. The number of H-pyrrole nitrogens is 1. The van der Waals surface area contributed by atoms with Crippen LogP contribution in [0.4, 0.5) is 13.2 Å². The lowest BCUT2D eigenvalue weighted by Crippen LogP contribution is -2.48. The largest absolute Gasteiger partial charge is 0.337 e. The van der Waals surface area contributed by atoms with Gasteiger partial charge in [-0.15, -0.1) is 0 Å². The van der Waals surface area contributed by atoms with Crippen LogP contribution in [-0.2, 0) is 6.54 Å². The zero-order chi connectivity index (χ0) is 20.5. The third-order valence-electron chi connectivity index (χ3n) is 5.02. The number of amides is 1. The summed E-state index contributed by atoms with van der Waals surface area (Å²) in [5.74, 6) is -0.929. The molecule has 2 heterocycles. The lowest BCUT2D eigenvalue weighted by atomic mass is 10.1. The number of nitrogens with one attached hydrogen (secondary N) is 1. The van der Waals surface area contributed by atoms with E-state index in [1.807, 2.05) is 0 Å². The lowest BCUT2D eigenvalue weighted by Gasteiger charge is -2.35. The predicted octanol–water partition coefficient (Wildman–Crippen LogP) is 4.25. The average Bonchev–Trinajstić information content (AvgIpc) is 3.14. The number of rotatable bonds is 4. The van der Waals surface area contributed by atoms with E-state index in [9.17, 15) is 18.0 Å². The molecule has 1 aliphatic rings. The number of carbonyl (C=O) groups is 1. The Bertz CT molecular complexity index is 1050. The number of alkyl halides is 2. The fraction of sp³-hybridized carbons (Fsp3) is 0.300. The van der Waals surface area contributed by atoms with Gasteiger partial charge in [0.25, 0.3) is 12.3 Å². The third kappa shape index (κ3) is 4.23. The van der Waals surface area contributed by atoms with Crippen molar-refractivity contribution in [2.75, 3.05) is 26.2 Å². The van der Waals surface area contributed by atoms with Crippen molar-refractivity contribution in [3.63, 3.8) is 0 Å². The third-order valence-corrected chi connectivity index (χ3v) is 5.37. The van der Waals surface area contributed by atoms with E-state index >= 15 is 0 Å². The predicted molar refractivity (Wildman–Crippen MR) is 104 cm³/mol. The van der Waals surface area contributed by atoms with E-state index in [-0.39, 0.29) is 11.7 Å². The Hall–Kier alpha value is -2.58.